The Balaban J connectivity index is 2.43. The number of benzene rings is 2. The fraction of sp³-hybridized carbons (Fsp3) is 0.0556. The van der Waals surface area contributed by atoms with E-state index in [-0.39, 0.29) is 32.1 Å². The molecule has 2 aromatic rings. The van der Waals surface area contributed by atoms with Crippen molar-refractivity contribution in [2.45, 2.75) is 16.0 Å². The molecule has 0 radical (unpaired) electrons. The molecule has 0 saturated heterocycles. The van der Waals surface area contributed by atoms with Gasteiger partial charge in [-0.1, -0.05) is 6.07 Å². The van der Waals surface area contributed by atoms with E-state index < -0.39 is 28.1 Å². The van der Waals surface area contributed by atoms with E-state index in [2.05, 4.69) is 0 Å². The third-order valence-electron chi connectivity index (χ3n) is 3.83. The third kappa shape index (κ3) is 2.65. The molecule has 0 fully saturated rings. The minimum atomic E-state index is -4.63. The summed E-state index contributed by atoms with van der Waals surface area (Å²) in [6.07, 6.45) is -4.63. The zero-order valence-corrected chi connectivity index (χ0v) is 13.6. The second kappa shape index (κ2) is 6.15. The number of fused-ring (bicyclic) bond motifs is 2. The van der Waals surface area contributed by atoms with E-state index in [0.29, 0.717) is 0 Å². The fourth-order valence-corrected chi connectivity index (χ4v) is 4.08. The zero-order valence-electron chi connectivity index (χ0n) is 12.8. The van der Waals surface area contributed by atoms with Crippen LogP contribution in [0.1, 0.15) is 22.3 Å². The maximum atomic E-state index is 13.1. The van der Waals surface area contributed by atoms with Crippen LogP contribution in [0.2, 0.25) is 0 Å². The smallest absolute Gasteiger partial charge is 0.249 e. The van der Waals surface area contributed by atoms with E-state index in [0.717, 1.165) is 18.2 Å². The average Bonchev–Trinajstić information content (AvgIpc) is 2.63. The number of rotatable bonds is 0. The minimum Gasteiger partial charge on any atom is -0.249 e. The van der Waals surface area contributed by atoms with E-state index in [1.54, 1.807) is 12.1 Å². The summed E-state index contributed by atoms with van der Waals surface area (Å²) >= 11 is 0. The van der Waals surface area contributed by atoms with Gasteiger partial charge in [0.2, 0.25) is 0 Å². The number of nitriles is 3. The summed E-state index contributed by atoms with van der Waals surface area (Å²) in [6, 6.07) is 12.0. The number of alkyl halides is 3. The molecule has 1 atom stereocenters. The van der Waals surface area contributed by atoms with Gasteiger partial charge in [-0.3, -0.25) is 0 Å². The summed E-state index contributed by atoms with van der Waals surface area (Å²) in [5.74, 6) is 0. The maximum Gasteiger partial charge on any atom is 0.416 e. The Morgan fingerprint density at radius 3 is 2.19 bits per heavy atom. The SMILES string of the molecule is N#CC(C#N)=C1c2cc(C(F)(F)F)ccc2S(=O)c2cc(C#N)ccc21. The molecule has 2 aromatic carbocycles. The number of hydrogen-bond acceptors (Lipinski definition) is 4. The van der Waals surface area contributed by atoms with Gasteiger partial charge in [-0.2, -0.15) is 29.0 Å². The van der Waals surface area contributed by atoms with Gasteiger partial charge in [0, 0.05) is 16.7 Å². The Labute approximate surface area is 148 Å². The third-order valence-corrected chi connectivity index (χ3v) is 5.32. The quantitative estimate of drug-likeness (QED) is 0.562. The van der Waals surface area contributed by atoms with Crippen LogP contribution in [-0.2, 0) is 17.0 Å². The predicted molar refractivity (Wildman–Crippen MR) is 84.5 cm³/mol. The highest BCUT2D eigenvalue weighted by Gasteiger charge is 2.35. The topological polar surface area (TPSA) is 88.4 Å². The first-order chi connectivity index (χ1) is 12.3. The highest BCUT2D eigenvalue weighted by Crippen LogP contribution is 2.43. The monoisotopic (exact) mass is 369 g/mol. The van der Waals surface area contributed by atoms with Crippen molar-refractivity contribution < 1.29 is 17.4 Å². The van der Waals surface area contributed by atoms with Crippen molar-refractivity contribution in [1.29, 1.82) is 15.8 Å². The van der Waals surface area contributed by atoms with Crippen LogP contribution in [0.4, 0.5) is 13.2 Å². The second-order valence-corrected chi connectivity index (χ2v) is 6.69. The van der Waals surface area contributed by atoms with Gasteiger partial charge in [0.05, 0.1) is 37.8 Å². The molecule has 1 unspecified atom stereocenters. The second-order valence-electron chi connectivity index (χ2n) is 5.27. The molecule has 0 amide bonds. The molecule has 126 valence electrons. The summed E-state index contributed by atoms with van der Waals surface area (Å²) in [5, 5.41) is 27.5. The van der Waals surface area contributed by atoms with Crippen LogP contribution in [0, 0.1) is 34.0 Å². The standard InChI is InChI=1S/C18H6F3N3OS/c19-18(20,21)12-2-4-15-14(6-12)17(11(8-23)9-24)13-3-1-10(7-22)5-16(13)26(15)25/h1-6H. The zero-order chi connectivity index (χ0) is 19.1. The van der Waals surface area contributed by atoms with Gasteiger partial charge in [0.25, 0.3) is 0 Å². The summed E-state index contributed by atoms with van der Waals surface area (Å²) < 4.78 is 52.1. The molecule has 1 heterocycles. The molecule has 0 aromatic heterocycles. The fourth-order valence-electron chi connectivity index (χ4n) is 2.68. The Morgan fingerprint density at radius 1 is 0.923 bits per heavy atom. The van der Waals surface area contributed by atoms with E-state index in [9.17, 15) is 27.9 Å². The van der Waals surface area contributed by atoms with E-state index in [1.807, 2.05) is 6.07 Å². The normalized spacial score (nSPS) is 15.1. The first-order valence-corrected chi connectivity index (χ1v) is 8.19. The van der Waals surface area contributed by atoms with Gasteiger partial charge in [0.15, 0.2) is 0 Å². The summed E-state index contributed by atoms with van der Waals surface area (Å²) in [5.41, 5.74) is -1.05. The summed E-state index contributed by atoms with van der Waals surface area (Å²) in [7, 11) is -1.85. The molecule has 0 saturated carbocycles. The summed E-state index contributed by atoms with van der Waals surface area (Å²) in [6.45, 7) is 0. The van der Waals surface area contributed by atoms with Crippen LogP contribution in [0.15, 0.2) is 51.8 Å². The molecule has 3 rings (SSSR count). The van der Waals surface area contributed by atoms with Gasteiger partial charge < -0.3 is 0 Å². The van der Waals surface area contributed by atoms with Crippen LogP contribution < -0.4 is 0 Å². The van der Waals surface area contributed by atoms with Gasteiger partial charge in [-0.15, -0.1) is 0 Å². The molecule has 0 N–H and O–H groups in total. The van der Waals surface area contributed by atoms with Gasteiger partial charge in [-0.05, 0) is 30.3 Å². The van der Waals surface area contributed by atoms with Crippen molar-refractivity contribution in [1.82, 2.24) is 0 Å². The highest BCUT2D eigenvalue weighted by atomic mass is 32.2. The lowest BCUT2D eigenvalue weighted by Gasteiger charge is -2.23. The van der Waals surface area contributed by atoms with Crippen LogP contribution in [0.5, 0.6) is 0 Å². The Hall–Kier alpha value is -3.41. The van der Waals surface area contributed by atoms with Crippen LogP contribution in [-0.4, -0.2) is 4.21 Å². The van der Waals surface area contributed by atoms with Crippen molar-refractivity contribution in [3.8, 4) is 18.2 Å². The lowest BCUT2D eigenvalue weighted by Crippen LogP contribution is -2.13. The van der Waals surface area contributed by atoms with E-state index in [4.69, 9.17) is 5.26 Å². The van der Waals surface area contributed by atoms with Crippen molar-refractivity contribution in [3.63, 3.8) is 0 Å². The predicted octanol–water partition coefficient (Wildman–Crippen LogP) is 3.91. The Morgan fingerprint density at radius 2 is 1.62 bits per heavy atom. The lowest BCUT2D eigenvalue weighted by atomic mass is 9.91. The van der Waals surface area contributed by atoms with Crippen molar-refractivity contribution in [2.75, 3.05) is 0 Å². The Kier molecular flexibility index (Phi) is 4.12. The molecule has 26 heavy (non-hydrogen) atoms. The van der Waals surface area contributed by atoms with E-state index in [1.165, 1.54) is 18.2 Å². The first kappa shape index (κ1) is 17.4. The minimum absolute atomic E-state index is 0.0183. The molecule has 0 spiro atoms. The molecule has 0 bridgehead atoms. The summed E-state index contributed by atoms with van der Waals surface area (Å²) in [4.78, 5) is 0.230. The van der Waals surface area contributed by atoms with E-state index >= 15 is 0 Å². The maximum absolute atomic E-state index is 13.1. The lowest BCUT2D eigenvalue weighted by molar-refractivity contribution is -0.137. The molecule has 0 aliphatic carbocycles. The highest BCUT2D eigenvalue weighted by molar-refractivity contribution is 7.85. The Bertz CT molecular complexity index is 1110. The van der Waals surface area contributed by atoms with Crippen LogP contribution in [0.3, 0.4) is 0 Å². The van der Waals surface area contributed by atoms with Gasteiger partial charge >= 0.3 is 6.18 Å². The number of nitrogens with zero attached hydrogens (tertiary/aromatic N) is 3. The number of hydrogen-bond donors (Lipinski definition) is 0. The average molecular weight is 369 g/mol. The largest absolute Gasteiger partial charge is 0.416 e. The van der Waals surface area contributed by atoms with Gasteiger partial charge in [0.1, 0.15) is 17.7 Å². The molecular weight excluding hydrogens is 363 g/mol. The molecule has 1 aliphatic heterocycles. The van der Waals surface area contributed by atoms with Crippen LogP contribution in [0.25, 0.3) is 5.57 Å². The number of halogens is 3. The molecule has 1 aliphatic rings. The first-order valence-electron chi connectivity index (χ1n) is 7.04. The van der Waals surface area contributed by atoms with Crippen molar-refractivity contribution in [2.24, 2.45) is 0 Å². The van der Waals surface area contributed by atoms with Crippen molar-refractivity contribution >= 4 is 16.4 Å². The number of allylic oxidation sites excluding steroid dienone is 1. The van der Waals surface area contributed by atoms with Crippen LogP contribution >= 0.6 is 0 Å². The molecule has 4 nitrogen and oxygen atoms in total. The molecule has 8 heteroatoms. The van der Waals surface area contributed by atoms with Gasteiger partial charge in [-0.25, -0.2) is 4.21 Å². The molecular formula is C18H6F3N3OS. The van der Waals surface area contributed by atoms with Crippen molar-refractivity contribution in [3.05, 3.63) is 64.2 Å².